The zero-order valence-corrected chi connectivity index (χ0v) is 20.2. The van der Waals surface area contributed by atoms with E-state index in [1.807, 2.05) is 13.8 Å². The van der Waals surface area contributed by atoms with E-state index in [-0.39, 0.29) is 24.9 Å². The molecule has 0 spiro atoms. The Kier molecular flexibility index (Phi) is 13.0. The van der Waals surface area contributed by atoms with Gasteiger partial charge in [-0.15, -0.1) is 0 Å². The molecule has 0 aromatic heterocycles. The zero-order valence-electron chi connectivity index (χ0n) is 20.2. The Morgan fingerprint density at radius 2 is 1.43 bits per heavy atom. The summed E-state index contributed by atoms with van der Waals surface area (Å²) >= 11 is 0. The molecule has 1 fully saturated rings. The minimum Gasteiger partial charge on any atom is -0.396 e. The van der Waals surface area contributed by atoms with Crippen LogP contribution in [0, 0.1) is 17.8 Å². The Hall–Kier alpha value is -0.200. The van der Waals surface area contributed by atoms with Crippen molar-refractivity contribution in [2.75, 3.05) is 6.61 Å². The Morgan fingerprint density at radius 1 is 0.833 bits per heavy atom. The van der Waals surface area contributed by atoms with Gasteiger partial charge < -0.3 is 25.2 Å². The summed E-state index contributed by atoms with van der Waals surface area (Å²) < 4.78 is 5.54. The quantitative estimate of drug-likeness (QED) is 0.241. The SMILES string of the molecule is CC(CCCC(C)CC1OC1C(C)O)CC(C)CCCC(C)(O)CCC(O)CCO. The highest BCUT2D eigenvalue weighted by atomic mass is 16.6. The van der Waals surface area contributed by atoms with Crippen LogP contribution >= 0.6 is 0 Å². The molecule has 30 heavy (non-hydrogen) atoms. The van der Waals surface area contributed by atoms with E-state index >= 15 is 0 Å². The normalized spacial score (nSPS) is 25.9. The number of hydrogen-bond acceptors (Lipinski definition) is 5. The summed E-state index contributed by atoms with van der Waals surface area (Å²) in [7, 11) is 0. The lowest BCUT2D eigenvalue weighted by molar-refractivity contribution is 0.0181. The third kappa shape index (κ3) is 12.6. The molecule has 1 heterocycles. The van der Waals surface area contributed by atoms with Crippen LogP contribution < -0.4 is 0 Å². The molecule has 8 unspecified atom stereocenters. The second-order valence-corrected chi connectivity index (χ2v) is 10.7. The van der Waals surface area contributed by atoms with E-state index in [2.05, 4.69) is 20.8 Å². The Balaban J connectivity index is 2.08. The van der Waals surface area contributed by atoms with Crippen LogP contribution in [0.25, 0.3) is 0 Å². The van der Waals surface area contributed by atoms with Gasteiger partial charge in [-0.1, -0.05) is 52.9 Å². The molecular formula is C25H50O5. The summed E-state index contributed by atoms with van der Waals surface area (Å²) in [5, 5.41) is 38.6. The van der Waals surface area contributed by atoms with E-state index in [0.29, 0.717) is 31.1 Å². The first kappa shape index (κ1) is 27.8. The van der Waals surface area contributed by atoms with E-state index in [1.165, 1.54) is 25.7 Å². The van der Waals surface area contributed by atoms with Gasteiger partial charge in [0.15, 0.2) is 0 Å². The van der Waals surface area contributed by atoms with Gasteiger partial charge in [-0.3, -0.25) is 0 Å². The zero-order chi connectivity index (χ0) is 22.7. The minimum absolute atomic E-state index is 0.00366. The molecule has 0 aliphatic carbocycles. The predicted molar refractivity (Wildman–Crippen MR) is 122 cm³/mol. The molecule has 0 saturated carbocycles. The average molecular weight is 431 g/mol. The van der Waals surface area contributed by atoms with Crippen molar-refractivity contribution < 1.29 is 25.2 Å². The van der Waals surface area contributed by atoms with Crippen molar-refractivity contribution in [3.05, 3.63) is 0 Å². The largest absolute Gasteiger partial charge is 0.396 e. The Bertz CT molecular complexity index is 439. The standard InChI is InChI=1S/C25H50O5/c1-18(8-6-9-20(3)17-23-24(30-23)21(4)27)16-19(2)10-7-13-25(5,29)14-11-22(28)12-15-26/h18-24,26-29H,6-17H2,1-5H3. The van der Waals surface area contributed by atoms with Crippen LogP contribution in [0.3, 0.4) is 0 Å². The van der Waals surface area contributed by atoms with Crippen molar-refractivity contribution in [1.29, 1.82) is 0 Å². The molecule has 1 rings (SSSR count). The third-order valence-corrected chi connectivity index (χ3v) is 6.82. The van der Waals surface area contributed by atoms with Gasteiger partial charge in [0.25, 0.3) is 0 Å². The number of epoxide rings is 1. The molecule has 180 valence electrons. The highest BCUT2D eigenvalue weighted by molar-refractivity contribution is 4.89. The first-order chi connectivity index (χ1) is 14.0. The number of rotatable bonds is 18. The lowest BCUT2D eigenvalue weighted by Gasteiger charge is -2.25. The van der Waals surface area contributed by atoms with Crippen LogP contribution in [0.5, 0.6) is 0 Å². The highest BCUT2D eigenvalue weighted by Gasteiger charge is 2.42. The molecule has 5 nitrogen and oxygen atoms in total. The molecule has 4 N–H and O–H groups in total. The van der Waals surface area contributed by atoms with E-state index < -0.39 is 11.7 Å². The molecule has 5 heteroatoms. The first-order valence-corrected chi connectivity index (χ1v) is 12.4. The van der Waals surface area contributed by atoms with Crippen LogP contribution in [0.1, 0.15) is 105 Å². The van der Waals surface area contributed by atoms with Gasteiger partial charge >= 0.3 is 0 Å². The topological polar surface area (TPSA) is 93.5 Å². The molecule has 1 aliphatic heterocycles. The van der Waals surface area contributed by atoms with Crippen LogP contribution in [0.15, 0.2) is 0 Å². The second kappa shape index (κ2) is 14.1. The van der Waals surface area contributed by atoms with Crippen LogP contribution in [0.4, 0.5) is 0 Å². The summed E-state index contributed by atoms with van der Waals surface area (Å²) in [5.74, 6) is 2.05. The monoisotopic (exact) mass is 430 g/mol. The fraction of sp³-hybridized carbons (Fsp3) is 1.00. The van der Waals surface area contributed by atoms with Crippen molar-refractivity contribution in [2.24, 2.45) is 17.8 Å². The average Bonchev–Trinajstić information content (AvgIpc) is 3.39. The van der Waals surface area contributed by atoms with Gasteiger partial charge in [0, 0.05) is 6.61 Å². The van der Waals surface area contributed by atoms with Gasteiger partial charge in [-0.25, -0.2) is 0 Å². The predicted octanol–water partition coefficient (Wildman–Crippen LogP) is 4.44. The highest BCUT2D eigenvalue weighted by Crippen LogP contribution is 2.33. The fourth-order valence-electron chi connectivity index (χ4n) is 4.75. The van der Waals surface area contributed by atoms with Gasteiger partial charge in [0.2, 0.25) is 0 Å². The first-order valence-electron chi connectivity index (χ1n) is 12.4. The molecule has 0 bridgehead atoms. The fourth-order valence-corrected chi connectivity index (χ4v) is 4.75. The van der Waals surface area contributed by atoms with Crippen molar-refractivity contribution in [2.45, 2.75) is 135 Å². The summed E-state index contributed by atoms with van der Waals surface area (Å²) in [6.07, 6.45) is 9.98. The van der Waals surface area contributed by atoms with Gasteiger partial charge in [0.05, 0.1) is 23.9 Å². The summed E-state index contributed by atoms with van der Waals surface area (Å²) in [5.41, 5.74) is -0.726. The van der Waals surface area contributed by atoms with Gasteiger partial charge in [-0.2, -0.15) is 0 Å². The molecule has 1 saturated heterocycles. The number of ether oxygens (including phenoxy) is 1. The van der Waals surface area contributed by atoms with E-state index in [4.69, 9.17) is 9.84 Å². The summed E-state index contributed by atoms with van der Waals surface area (Å²) in [6, 6.07) is 0. The van der Waals surface area contributed by atoms with Crippen LogP contribution in [0.2, 0.25) is 0 Å². The van der Waals surface area contributed by atoms with Crippen molar-refractivity contribution in [3.8, 4) is 0 Å². The molecule has 0 radical (unpaired) electrons. The van der Waals surface area contributed by atoms with Gasteiger partial charge in [-0.05, 0) is 70.1 Å². The van der Waals surface area contributed by atoms with Gasteiger partial charge in [0.1, 0.15) is 6.10 Å². The molecule has 8 atom stereocenters. The number of aliphatic hydroxyl groups excluding tert-OH is 3. The molecule has 0 aromatic carbocycles. The second-order valence-electron chi connectivity index (χ2n) is 10.7. The molecule has 1 aliphatic rings. The smallest absolute Gasteiger partial charge is 0.110 e. The summed E-state index contributed by atoms with van der Waals surface area (Å²) in [4.78, 5) is 0. The van der Waals surface area contributed by atoms with Crippen molar-refractivity contribution >= 4 is 0 Å². The molecule has 0 aromatic rings. The molecule has 0 amide bonds. The number of aliphatic hydroxyl groups is 4. The van der Waals surface area contributed by atoms with Crippen LogP contribution in [-0.2, 0) is 4.74 Å². The maximum atomic E-state index is 10.5. The summed E-state index contributed by atoms with van der Waals surface area (Å²) in [6.45, 7) is 10.6. The lowest BCUT2D eigenvalue weighted by Crippen LogP contribution is -2.26. The van der Waals surface area contributed by atoms with E-state index in [0.717, 1.165) is 31.6 Å². The Labute approximate surface area is 185 Å². The Morgan fingerprint density at radius 3 is 2.00 bits per heavy atom. The van der Waals surface area contributed by atoms with Crippen molar-refractivity contribution in [3.63, 3.8) is 0 Å². The minimum atomic E-state index is -0.726. The van der Waals surface area contributed by atoms with Crippen molar-refractivity contribution in [1.82, 2.24) is 0 Å². The maximum Gasteiger partial charge on any atom is 0.110 e. The maximum absolute atomic E-state index is 10.5. The van der Waals surface area contributed by atoms with E-state index in [1.54, 1.807) is 0 Å². The third-order valence-electron chi connectivity index (χ3n) is 6.82. The number of hydrogen-bond donors (Lipinski definition) is 4. The lowest BCUT2D eigenvalue weighted by atomic mass is 9.86. The van der Waals surface area contributed by atoms with E-state index in [9.17, 15) is 15.3 Å². The van der Waals surface area contributed by atoms with Crippen LogP contribution in [-0.4, -0.2) is 57.0 Å². The molecular weight excluding hydrogens is 380 g/mol.